The van der Waals surface area contributed by atoms with Crippen LogP contribution in [-0.2, 0) is 19.1 Å². The van der Waals surface area contributed by atoms with Gasteiger partial charge in [0.05, 0.1) is 25.7 Å². The van der Waals surface area contributed by atoms with Gasteiger partial charge in [0, 0.05) is 0 Å². The fourth-order valence-corrected chi connectivity index (χ4v) is 0.479. The summed E-state index contributed by atoms with van der Waals surface area (Å²) >= 11 is 0. The first-order valence-corrected chi connectivity index (χ1v) is 4.00. The molecular weight excluding hydrogens is 172 g/mol. The summed E-state index contributed by atoms with van der Waals surface area (Å²) in [5.41, 5.74) is 0. The Kier molecular flexibility index (Phi) is 5.59. The van der Waals surface area contributed by atoms with Crippen LogP contribution in [0.25, 0.3) is 0 Å². The summed E-state index contributed by atoms with van der Waals surface area (Å²) in [7, 11) is 1.30. The molecule has 0 saturated heterocycles. The molecule has 4 nitrogen and oxygen atoms in total. The second-order valence-corrected chi connectivity index (χ2v) is 2.74. The monoisotopic (exact) mass is 186 g/mol. The van der Waals surface area contributed by atoms with Crippen LogP contribution in [0.3, 0.4) is 0 Å². The fraction of sp³-hybridized carbons (Fsp3) is 0.556. The highest BCUT2D eigenvalue weighted by atomic mass is 16.5. The van der Waals surface area contributed by atoms with Gasteiger partial charge in [-0.2, -0.15) is 0 Å². The lowest BCUT2D eigenvalue weighted by atomic mass is 10.2. The summed E-state index contributed by atoms with van der Waals surface area (Å²) in [6.07, 6.45) is 2.76. The van der Waals surface area contributed by atoms with Crippen molar-refractivity contribution in [2.45, 2.75) is 20.3 Å². The van der Waals surface area contributed by atoms with E-state index in [4.69, 9.17) is 0 Å². The molecule has 0 amide bonds. The Balaban J connectivity index is 3.64. The predicted molar refractivity (Wildman–Crippen MR) is 46.7 cm³/mol. The number of methoxy groups -OCH3 is 1. The normalized spacial score (nSPS) is 10.5. The maximum atomic E-state index is 10.9. The molecular formula is C9H14O4. The second-order valence-electron chi connectivity index (χ2n) is 2.74. The highest BCUT2D eigenvalue weighted by molar-refractivity contribution is 5.73. The van der Waals surface area contributed by atoms with Gasteiger partial charge in [0.1, 0.15) is 0 Å². The molecule has 0 atom stereocenters. The number of ether oxygens (including phenoxy) is 2. The van der Waals surface area contributed by atoms with Crippen molar-refractivity contribution in [2.24, 2.45) is 5.92 Å². The third-order valence-electron chi connectivity index (χ3n) is 1.26. The van der Waals surface area contributed by atoms with Crippen molar-refractivity contribution in [1.29, 1.82) is 0 Å². The van der Waals surface area contributed by atoms with Gasteiger partial charge in [0.2, 0.25) is 0 Å². The summed E-state index contributed by atoms with van der Waals surface area (Å²) in [4.78, 5) is 21.4. The van der Waals surface area contributed by atoms with Gasteiger partial charge in [-0.3, -0.25) is 9.59 Å². The number of hydrogen-bond donors (Lipinski definition) is 0. The number of carbonyl (C=O) groups is 2. The van der Waals surface area contributed by atoms with Crippen molar-refractivity contribution < 1.29 is 19.1 Å². The molecule has 0 aromatic rings. The Morgan fingerprint density at radius 1 is 1.38 bits per heavy atom. The zero-order valence-corrected chi connectivity index (χ0v) is 8.07. The van der Waals surface area contributed by atoms with E-state index in [9.17, 15) is 9.59 Å². The first-order valence-electron chi connectivity index (χ1n) is 4.00. The van der Waals surface area contributed by atoms with Crippen LogP contribution in [-0.4, -0.2) is 19.0 Å². The molecule has 0 aromatic carbocycles. The molecule has 13 heavy (non-hydrogen) atoms. The van der Waals surface area contributed by atoms with E-state index in [1.54, 1.807) is 13.8 Å². The number of carbonyl (C=O) groups excluding carboxylic acids is 2. The van der Waals surface area contributed by atoms with Crippen LogP contribution in [0.4, 0.5) is 0 Å². The summed E-state index contributed by atoms with van der Waals surface area (Å²) in [6.45, 7) is 3.47. The topological polar surface area (TPSA) is 52.6 Å². The smallest absolute Gasteiger partial charge is 0.313 e. The van der Waals surface area contributed by atoms with Gasteiger partial charge in [0.15, 0.2) is 0 Å². The number of esters is 2. The van der Waals surface area contributed by atoms with Crippen molar-refractivity contribution in [2.75, 3.05) is 7.11 Å². The zero-order valence-electron chi connectivity index (χ0n) is 8.07. The number of hydrogen-bond acceptors (Lipinski definition) is 4. The fourth-order valence-electron chi connectivity index (χ4n) is 0.479. The van der Waals surface area contributed by atoms with E-state index in [0.717, 1.165) is 0 Å². The van der Waals surface area contributed by atoms with Crippen LogP contribution in [0, 0.1) is 5.92 Å². The third kappa shape index (κ3) is 5.90. The molecule has 0 radical (unpaired) electrons. The average molecular weight is 186 g/mol. The Morgan fingerprint density at radius 2 is 2.00 bits per heavy atom. The van der Waals surface area contributed by atoms with Crippen LogP contribution in [0.1, 0.15) is 20.3 Å². The quantitative estimate of drug-likeness (QED) is 0.490. The molecule has 0 N–H and O–H groups in total. The molecule has 0 fully saturated rings. The van der Waals surface area contributed by atoms with Gasteiger partial charge in [-0.1, -0.05) is 13.8 Å². The van der Waals surface area contributed by atoms with Crippen LogP contribution in [0.5, 0.6) is 0 Å². The van der Waals surface area contributed by atoms with Crippen molar-refractivity contribution >= 4 is 11.9 Å². The van der Waals surface area contributed by atoms with E-state index in [-0.39, 0.29) is 24.3 Å². The lowest BCUT2D eigenvalue weighted by Gasteiger charge is -2.00. The molecule has 0 aliphatic rings. The van der Waals surface area contributed by atoms with Gasteiger partial charge in [-0.15, -0.1) is 0 Å². The Labute approximate surface area is 77.5 Å². The van der Waals surface area contributed by atoms with E-state index in [2.05, 4.69) is 9.47 Å². The van der Waals surface area contributed by atoms with E-state index in [1.807, 2.05) is 0 Å². The molecule has 0 saturated carbocycles. The first kappa shape index (κ1) is 11.7. The van der Waals surface area contributed by atoms with E-state index in [0.29, 0.717) is 0 Å². The zero-order chi connectivity index (χ0) is 10.3. The average Bonchev–Trinajstić information content (AvgIpc) is 2.11. The standard InChI is InChI=1S/C9H14O4/c1-7(2)9(11)13-6-4-5-8(10)12-3/h4,6-7H,5H2,1-3H3/b6-4-. The van der Waals surface area contributed by atoms with Gasteiger partial charge in [-0.25, -0.2) is 0 Å². The second kappa shape index (κ2) is 6.22. The van der Waals surface area contributed by atoms with Crippen LogP contribution < -0.4 is 0 Å². The molecule has 0 aliphatic carbocycles. The summed E-state index contributed by atoms with van der Waals surface area (Å²) < 4.78 is 9.05. The molecule has 4 heteroatoms. The molecule has 0 bridgehead atoms. The third-order valence-corrected chi connectivity index (χ3v) is 1.26. The summed E-state index contributed by atoms with van der Waals surface area (Å²) in [6, 6.07) is 0. The minimum Gasteiger partial charge on any atom is -0.469 e. The van der Waals surface area contributed by atoms with E-state index >= 15 is 0 Å². The molecule has 0 heterocycles. The summed E-state index contributed by atoms with van der Waals surface area (Å²) in [5.74, 6) is -0.847. The highest BCUT2D eigenvalue weighted by Crippen LogP contribution is 1.96. The van der Waals surface area contributed by atoms with E-state index in [1.165, 1.54) is 19.4 Å². The SMILES string of the molecule is COC(=O)C/C=C\OC(=O)C(C)C. The molecule has 74 valence electrons. The minimum absolute atomic E-state index is 0.113. The first-order chi connectivity index (χ1) is 6.07. The predicted octanol–water partition coefficient (Wildman–Crippen LogP) is 1.26. The van der Waals surface area contributed by atoms with Crippen LogP contribution in [0.15, 0.2) is 12.3 Å². The van der Waals surface area contributed by atoms with Crippen molar-refractivity contribution in [3.63, 3.8) is 0 Å². The minimum atomic E-state index is -0.364. The molecule has 0 aliphatic heterocycles. The molecule has 0 aromatic heterocycles. The lowest BCUT2D eigenvalue weighted by Crippen LogP contribution is -2.07. The summed E-state index contributed by atoms with van der Waals surface area (Å²) in [5, 5.41) is 0. The van der Waals surface area contributed by atoms with Crippen molar-refractivity contribution in [1.82, 2.24) is 0 Å². The largest absolute Gasteiger partial charge is 0.469 e. The maximum absolute atomic E-state index is 10.9. The van der Waals surface area contributed by atoms with Gasteiger partial charge in [0.25, 0.3) is 0 Å². The highest BCUT2D eigenvalue weighted by Gasteiger charge is 2.05. The van der Waals surface area contributed by atoms with Gasteiger partial charge >= 0.3 is 11.9 Å². The molecule has 0 spiro atoms. The van der Waals surface area contributed by atoms with E-state index < -0.39 is 0 Å². The Bertz CT molecular complexity index is 206. The van der Waals surface area contributed by atoms with Crippen LogP contribution >= 0.6 is 0 Å². The van der Waals surface area contributed by atoms with Crippen LogP contribution in [0.2, 0.25) is 0 Å². The molecule has 0 unspecified atom stereocenters. The van der Waals surface area contributed by atoms with Gasteiger partial charge < -0.3 is 9.47 Å². The van der Waals surface area contributed by atoms with Gasteiger partial charge in [-0.05, 0) is 6.08 Å². The maximum Gasteiger partial charge on any atom is 0.313 e. The molecule has 0 rings (SSSR count). The Morgan fingerprint density at radius 3 is 2.46 bits per heavy atom. The number of rotatable bonds is 4. The Hall–Kier alpha value is -1.32. The van der Waals surface area contributed by atoms with Crippen molar-refractivity contribution in [3.8, 4) is 0 Å². The van der Waals surface area contributed by atoms with Crippen molar-refractivity contribution in [3.05, 3.63) is 12.3 Å². The lowest BCUT2D eigenvalue weighted by molar-refractivity contribution is -0.142.